The number of nitrogen functional groups attached to an aromatic ring is 1. The number of nitrogens with two attached hydrogens (primary N) is 1. The largest absolute Gasteiger partial charge is 0.384 e. The number of carbonyl (C=O) groups is 1. The molecule has 28 heavy (non-hydrogen) atoms. The highest BCUT2D eigenvalue weighted by Gasteiger charge is 2.24. The molecule has 5 nitrogen and oxygen atoms in total. The Hall–Kier alpha value is -3.21. The van der Waals surface area contributed by atoms with Crippen LogP contribution in [0.2, 0.25) is 0 Å². The molecule has 0 spiro atoms. The Balaban J connectivity index is 1.43. The van der Waals surface area contributed by atoms with Crippen LogP contribution in [0, 0.1) is 6.92 Å². The Morgan fingerprint density at radius 2 is 1.68 bits per heavy atom. The summed E-state index contributed by atoms with van der Waals surface area (Å²) in [6.07, 6.45) is 5.66. The first-order valence-corrected chi connectivity index (χ1v) is 9.64. The van der Waals surface area contributed by atoms with E-state index in [4.69, 9.17) is 5.73 Å². The van der Waals surface area contributed by atoms with Crippen molar-refractivity contribution in [1.82, 2.24) is 14.9 Å². The van der Waals surface area contributed by atoms with E-state index in [1.54, 1.807) is 6.07 Å². The molecule has 1 amide bonds. The summed E-state index contributed by atoms with van der Waals surface area (Å²) in [5, 5.41) is 0. The first kappa shape index (κ1) is 18.2. The molecule has 0 aliphatic carbocycles. The van der Waals surface area contributed by atoms with E-state index >= 15 is 0 Å². The van der Waals surface area contributed by atoms with Gasteiger partial charge in [0, 0.05) is 42.3 Å². The number of pyridine rings is 2. The van der Waals surface area contributed by atoms with Crippen LogP contribution in [0.3, 0.4) is 0 Å². The zero-order chi connectivity index (χ0) is 19.5. The van der Waals surface area contributed by atoms with E-state index < -0.39 is 0 Å². The molecular weight excluding hydrogens is 348 g/mol. The van der Waals surface area contributed by atoms with Crippen molar-refractivity contribution in [3.8, 4) is 11.1 Å². The molecule has 4 rings (SSSR count). The van der Waals surface area contributed by atoms with Crippen molar-refractivity contribution < 1.29 is 4.79 Å². The maximum absolute atomic E-state index is 12.9. The number of hydrogen-bond donors (Lipinski definition) is 1. The van der Waals surface area contributed by atoms with Gasteiger partial charge in [-0.25, -0.2) is 4.98 Å². The Bertz CT molecular complexity index is 962. The molecule has 2 N–H and O–H groups in total. The Kier molecular flexibility index (Phi) is 5.06. The minimum absolute atomic E-state index is 0.104. The minimum Gasteiger partial charge on any atom is -0.384 e. The van der Waals surface area contributed by atoms with Crippen LogP contribution in [-0.4, -0.2) is 33.9 Å². The summed E-state index contributed by atoms with van der Waals surface area (Å²) in [7, 11) is 0. The summed E-state index contributed by atoms with van der Waals surface area (Å²) in [6, 6.07) is 15.7. The number of anilines is 1. The van der Waals surface area contributed by atoms with Crippen molar-refractivity contribution >= 4 is 11.7 Å². The number of aryl methyl sites for hydroxylation is 1. The number of carbonyl (C=O) groups excluding carboxylic acids is 1. The van der Waals surface area contributed by atoms with Crippen LogP contribution in [0.5, 0.6) is 0 Å². The average Bonchev–Trinajstić information content (AvgIpc) is 2.74. The number of nitrogens with zero attached hydrogens (tertiary/aromatic N) is 3. The van der Waals surface area contributed by atoms with E-state index in [1.807, 2.05) is 54.5 Å². The molecule has 5 heteroatoms. The van der Waals surface area contributed by atoms with Gasteiger partial charge in [-0.15, -0.1) is 0 Å². The first-order chi connectivity index (χ1) is 13.6. The molecule has 1 saturated heterocycles. The van der Waals surface area contributed by atoms with Crippen molar-refractivity contribution in [2.75, 3.05) is 18.8 Å². The second-order valence-electron chi connectivity index (χ2n) is 7.29. The number of likely N-dealkylation sites (tertiary alicyclic amines) is 1. The number of rotatable bonds is 3. The molecule has 0 bridgehead atoms. The average molecular weight is 372 g/mol. The number of hydrogen-bond acceptors (Lipinski definition) is 4. The standard InChI is InChI=1S/C23H24N4O/c1-16-21(6-7-22(24)26-16)19-2-4-20(5-3-19)23(28)27-14-10-18(11-15-27)17-8-12-25-13-9-17/h2-9,12-13,18H,10-11,14-15H2,1H3,(H2,24,26). The van der Waals surface area contributed by atoms with Crippen molar-refractivity contribution in [3.63, 3.8) is 0 Å². The summed E-state index contributed by atoms with van der Waals surface area (Å²) >= 11 is 0. The third-order valence-corrected chi connectivity index (χ3v) is 5.51. The Morgan fingerprint density at radius 1 is 1.00 bits per heavy atom. The van der Waals surface area contributed by atoms with Gasteiger partial charge in [-0.3, -0.25) is 9.78 Å². The van der Waals surface area contributed by atoms with Gasteiger partial charge in [-0.05, 0) is 73.2 Å². The van der Waals surface area contributed by atoms with Crippen molar-refractivity contribution in [1.29, 1.82) is 0 Å². The van der Waals surface area contributed by atoms with Crippen LogP contribution in [0.1, 0.15) is 40.4 Å². The van der Waals surface area contributed by atoms with E-state index in [0.717, 1.165) is 48.3 Å². The van der Waals surface area contributed by atoms with E-state index in [0.29, 0.717) is 11.7 Å². The Morgan fingerprint density at radius 3 is 2.32 bits per heavy atom. The minimum atomic E-state index is 0.104. The van der Waals surface area contributed by atoms with E-state index in [-0.39, 0.29) is 5.91 Å². The Labute approximate surface area is 165 Å². The topological polar surface area (TPSA) is 72.1 Å². The summed E-state index contributed by atoms with van der Waals surface area (Å²) in [6.45, 7) is 3.51. The molecule has 142 valence electrons. The van der Waals surface area contributed by atoms with Gasteiger partial charge >= 0.3 is 0 Å². The van der Waals surface area contributed by atoms with Gasteiger partial charge in [0.2, 0.25) is 0 Å². The SMILES string of the molecule is Cc1nc(N)ccc1-c1ccc(C(=O)N2CCC(c3ccncc3)CC2)cc1. The fourth-order valence-corrected chi connectivity index (χ4v) is 3.91. The summed E-state index contributed by atoms with van der Waals surface area (Å²) in [4.78, 5) is 23.2. The molecule has 1 aliphatic heterocycles. The van der Waals surface area contributed by atoms with E-state index in [9.17, 15) is 4.79 Å². The summed E-state index contributed by atoms with van der Waals surface area (Å²) in [5.74, 6) is 1.13. The molecule has 0 atom stereocenters. The second kappa shape index (κ2) is 7.80. The molecule has 2 aromatic heterocycles. The lowest BCUT2D eigenvalue weighted by molar-refractivity contribution is 0.0713. The van der Waals surface area contributed by atoms with Crippen molar-refractivity contribution in [2.24, 2.45) is 0 Å². The predicted molar refractivity (Wildman–Crippen MR) is 111 cm³/mol. The van der Waals surface area contributed by atoms with Crippen LogP contribution in [0.25, 0.3) is 11.1 Å². The molecule has 3 aromatic rings. The quantitative estimate of drug-likeness (QED) is 0.753. The van der Waals surface area contributed by atoms with Crippen LogP contribution in [0.15, 0.2) is 60.9 Å². The van der Waals surface area contributed by atoms with Crippen LogP contribution in [-0.2, 0) is 0 Å². The van der Waals surface area contributed by atoms with Gasteiger partial charge in [0.05, 0.1) is 0 Å². The molecular formula is C23H24N4O. The first-order valence-electron chi connectivity index (χ1n) is 9.64. The normalized spacial score (nSPS) is 14.8. The van der Waals surface area contributed by atoms with Gasteiger partial charge in [0.15, 0.2) is 0 Å². The maximum atomic E-state index is 12.9. The van der Waals surface area contributed by atoms with Crippen molar-refractivity contribution in [2.45, 2.75) is 25.7 Å². The maximum Gasteiger partial charge on any atom is 0.253 e. The van der Waals surface area contributed by atoms with Gasteiger partial charge in [-0.1, -0.05) is 12.1 Å². The van der Waals surface area contributed by atoms with E-state index in [1.165, 1.54) is 5.56 Å². The van der Waals surface area contributed by atoms with Gasteiger partial charge in [0.1, 0.15) is 5.82 Å². The summed E-state index contributed by atoms with van der Waals surface area (Å²) in [5.41, 5.74) is 10.7. The monoisotopic (exact) mass is 372 g/mol. The highest BCUT2D eigenvalue weighted by Crippen LogP contribution is 2.29. The zero-order valence-electron chi connectivity index (χ0n) is 16.0. The van der Waals surface area contributed by atoms with Gasteiger partial charge < -0.3 is 10.6 Å². The van der Waals surface area contributed by atoms with Crippen molar-refractivity contribution in [3.05, 3.63) is 77.7 Å². The van der Waals surface area contributed by atoms with E-state index in [2.05, 4.69) is 22.1 Å². The third-order valence-electron chi connectivity index (χ3n) is 5.51. The molecule has 1 fully saturated rings. The number of piperidine rings is 1. The number of benzene rings is 1. The highest BCUT2D eigenvalue weighted by molar-refractivity contribution is 5.94. The fraction of sp³-hybridized carbons (Fsp3) is 0.261. The van der Waals surface area contributed by atoms with Crippen LogP contribution >= 0.6 is 0 Å². The van der Waals surface area contributed by atoms with Gasteiger partial charge in [-0.2, -0.15) is 0 Å². The lowest BCUT2D eigenvalue weighted by atomic mass is 9.90. The number of aromatic nitrogens is 2. The molecule has 0 unspecified atom stereocenters. The zero-order valence-corrected chi connectivity index (χ0v) is 16.0. The molecule has 0 saturated carbocycles. The second-order valence-corrected chi connectivity index (χ2v) is 7.29. The summed E-state index contributed by atoms with van der Waals surface area (Å²) < 4.78 is 0. The fourth-order valence-electron chi connectivity index (χ4n) is 3.91. The lowest BCUT2D eigenvalue weighted by Gasteiger charge is -2.32. The highest BCUT2D eigenvalue weighted by atomic mass is 16.2. The predicted octanol–water partition coefficient (Wildman–Crippen LogP) is 4.05. The van der Waals surface area contributed by atoms with Gasteiger partial charge in [0.25, 0.3) is 5.91 Å². The molecule has 1 aromatic carbocycles. The molecule has 3 heterocycles. The van der Waals surface area contributed by atoms with Crippen LogP contribution < -0.4 is 5.73 Å². The lowest BCUT2D eigenvalue weighted by Crippen LogP contribution is -2.37. The molecule has 0 radical (unpaired) electrons. The third kappa shape index (κ3) is 3.74. The molecule has 1 aliphatic rings. The number of amides is 1. The smallest absolute Gasteiger partial charge is 0.253 e. The van der Waals surface area contributed by atoms with Crippen LogP contribution in [0.4, 0.5) is 5.82 Å².